The summed E-state index contributed by atoms with van der Waals surface area (Å²) in [6, 6.07) is 0. The lowest BCUT2D eigenvalue weighted by atomic mass is 9.93. The molecule has 8 heteroatoms. The van der Waals surface area contributed by atoms with E-state index in [0.29, 0.717) is 25.3 Å². The normalized spacial score (nSPS) is 15.7. The molecule has 0 aromatic carbocycles. The number of esters is 1. The van der Waals surface area contributed by atoms with E-state index in [1.54, 1.807) is 14.1 Å². The fourth-order valence-corrected chi connectivity index (χ4v) is 2.64. The lowest BCUT2D eigenvalue weighted by Crippen LogP contribution is -2.46. The van der Waals surface area contributed by atoms with Crippen molar-refractivity contribution in [3.05, 3.63) is 0 Å². The zero-order valence-corrected chi connectivity index (χ0v) is 17.5. The summed E-state index contributed by atoms with van der Waals surface area (Å²) >= 11 is 0. The number of hydrogen-bond donors (Lipinski definition) is 2. The van der Waals surface area contributed by atoms with E-state index in [0.717, 1.165) is 31.9 Å². The monoisotopic (exact) mass is 454 g/mol. The van der Waals surface area contributed by atoms with Gasteiger partial charge in [-0.25, -0.2) is 0 Å². The number of amides is 1. The number of carbonyl (C=O) groups is 2. The third-order valence-corrected chi connectivity index (χ3v) is 3.86. The highest BCUT2D eigenvalue weighted by molar-refractivity contribution is 14.0. The van der Waals surface area contributed by atoms with Crippen molar-refractivity contribution in [2.75, 3.05) is 33.7 Å². The second-order valence-electron chi connectivity index (χ2n) is 6.07. The number of nitrogens with one attached hydrogen (secondary N) is 2. The molecule has 0 spiro atoms. The smallest absolute Gasteiger partial charge is 0.307 e. The van der Waals surface area contributed by atoms with Gasteiger partial charge in [-0.15, -0.1) is 24.0 Å². The first kappa shape index (κ1) is 22.9. The van der Waals surface area contributed by atoms with Crippen molar-refractivity contribution >= 4 is 41.8 Å². The number of piperidine rings is 1. The molecule has 1 amide bonds. The maximum absolute atomic E-state index is 11.5. The van der Waals surface area contributed by atoms with E-state index in [9.17, 15) is 9.59 Å². The molecule has 1 heterocycles. The van der Waals surface area contributed by atoms with Gasteiger partial charge in [0.1, 0.15) is 0 Å². The maximum Gasteiger partial charge on any atom is 0.307 e. The summed E-state index contributed by atoms with van der Waals surface area (Å²) in [6.07, 6.45) is 2.79. The topological polar surface area (TPSA) is 83.0 Å². The SMILES string of the molecule is CN=C(NCCC(=O)OC(C)C)N1CCC(CC(=O)NC)CC1.I. The maximum atomic E-state index is 11.5. The standard InChI is InChI=1S/C16H30N4O3.HI/c1-12(2)23-15(22)5-8-19-16(18-4)20-9-6-13(7-10-20)11-14(21)17-3;/h12-13H,5-11H2,1-4H3,(H,17,21)(H,18,19);1H. The highest BCUT2D eigenvalue weighted by Crippen LogP contribution is 2.20. The number of likely N-dealkylation sites (tertiary alicyclic amines) is 1. The van der Waals surface area contributed by atoms with E-state index in [2.05, 4.69) is 20.5 Å². The van der Waals surface area contributed by atoms with Crippen molar-refractivity contribution in [2.45, 2.75) is 45.6 Å². The van der Waals surface area contributed by atoms with E-state index in [-0.39, 0.29) is 42.0 Å². The number of ether oxygens (including phenoxy) is 1. The number of hydrogen-bond acceptors (Lipinski definition) is 4. The molecule has 0 aliphatic carbocycles. The molecule has 1 aliphatic heterocycles. The predicted octanol–water partition coefficient (Wildman–Crippen LogP) is 1.37. The number of nitrogens with zero attached hydrogens (tertiary/aromatic N) is 2. The molecule has 0 bridgehead atoms. The zero-order chi connectivity index (χ0) is 17.2. The van der Waals surface area contributed by atoms with Crippen LogP contribution in [0, 0.1) is 5.92 Å². The first-order valence-corrected chi connectivity index (χ1v) is 8.32. The number of aliphatic imine (C=N–C) groups is 1. The van der Waals surface area contributed by atoms with Crippen molar-refractivity contribution < 1.29 is 14.3 Å². The fourth-order valence-electron chi connectivity index (χ4n) is 2.64. The Morgan fingerprint density at radius 2 is 1.92 bits per heavy atom. The molecular formula is C16H31IN4O3. The van der Waals surface area contributed by atoms with Crippen LogP contribution in [-0.4, -0.2) is 62.6 Å². The fraction of sp³-hybridized carbons (Fsp3) is 0.812. The summed E-state index contributed by atoms with van der Waals surface area (Å²) in [5, 5.41) is 5.88. The summed E-state index contributed by atoms with van der Waals surface area (Å²) in [6.45, 7) is 5.94. The van der Waals surface area contributed by atoms with Crippen LogP contribution in [0.4, 0.5) is 0 Å². The van der Waals surface area contributed by atoms with Crippen LogP contribution in [0.5, 0.6) is 0 Å². The van der Waals surface area contributed by atoms with Crippen LogP contribution in [0.2, 0.25) is 0 Å². The Labute approximate surface area is 162 Å². The molecule has 7 nitrogen and oxygen atoms in total. The summed E-state index contributed by atoms with van der Waals surface area (Å²) in [5.74, 6) is 1.15. The molecule has 24 heavy (non-hydrogen) atoms. The third kappa shape index (κ3) is 8.70. The van der Waals surface area contributed by atoms with E-state index in [1.165, 1.54) is 0 Å². The van der Waals surface area contributed by atoms with Gasteiger partial charge in [0.25, 0.3) is 0 Å². The number of rotatable bonds is 6. The molecule has 1 saturated heterocycles. The van der Waals surface area contributed by atoms with Gasteiger partial charge in [-0.05, 0) is 32.6 Å². The average Bonchev–Trinajstić information content (AvgIpc) is 2.51. The Morgan fingerprint density at radius 1 is 1.29 bits per heavy atom. The first-order chi connectivity index (χ1) is 11.0. The second-order valence-corrected chi connectivity index (χ2v) is 6.07. The van der Waals surface area contributed by atoms with Gasteiger partial charge in [-0.2, -0.15) is 0 Å². The van der Waals surface area contributed by atoms with E-state index in [4.69, 9.17) is 4.74 Å². The lowest BCUT2D eigenvalue weighted by molar-refractivity contribution is -0.147. The van der Waals surface area contributed by atoms with Crippen LogP contribution >= 0.6 is 24.0 Å². The summed E-state index contributed by atoms with van der Waals surface area (Å²) < 4.78 is 5.10. The zero-order valence-electron chi connectivity index (χ0n) is 15.1. The molecule has 1 rings (SSSR count). The molecule has 0 unspecified atom stereocenters. The molecule has 140 valence electrons. The van der Waals surface area contributed by atoms with Crippen molar-refractivity contribution in [3.63, 3.8) is 0 Å². The Hall–Kier alpha value is -1.06. The second kappa shape index (κ2) is 12.3. The Morgan fingerprint density at radius 3 is 2.42 bits per heavy atom. The third-order valence-electron chi connectivity index (χ3n) is 3.86. The Bertz CT molecular complexity index is 422. The highest BCUT2D eigenvalue weighted by Gasteiger charge is 2.23. The minimum Gasteiger partial charge on any atom is -0.463 e. The van der Waals surface area contributed by atoms with Crippen LogP contribution in [0.1, 0.15) is 39.5 Å². The van der Waals surface area contributed by atoms with Gasteiger partial charge in [0.2, 0.25) is 5.91 Å². The van der Waals surface area contributed by atoms with Gasteiger partial charge in [0.05, 0.1) is 12.5 Å². The van der Waals surface area contributed by atoms with E-state index >= 15 is 0 Å². The van der Waals surface area contributed by atoms with Crippen LogP contribution < -0.4 is 10.6 Å². The van der Waals surface area contributed by atoms with E-state index < -0.39 is 0 Å². The molecule has 0 radical (unpaired) electrons. The van der Waals surface area contributed by atoms with Crippen molar-refractivity contribution in [1.29, 1.82) is 0 Å². The van der Waals surface area contributed by atoms with Crippen LogP contribution in [0.25, 0.3) is 0 Å². The molecule has 0 aromatic heterocycles. The Kier molecular flexibility index (Phi) is 11.8. The number of carbonyl (C=O) groups excluding carboxylic acids is 2. The van der Waals surface area contributed by atoms with Gasteiger partial charge < -0.3 is 20.3 Å². The van der Waals surface area contributed by atoms with Crippen molar-refractivity contribution in [3.8, 4) is 0 Å². The number of guanidine groups is 1. The average molecular weight is 454 g/mol. The van der Waals surface area contributed by atoms with Crippen LogP contribution in [0.15, 0.2) is 4.99 Å². The molecule has 2 N–H and O–H groups in total. The lowest BCUT2D eigenvalue weighted by Gasteiger charge is -2.34. The van der Waals surface area contributed by atoms with Crippen LogP contribution in [0.3, 0.4) is 0 Å². The van der Waals surface area contributed by atoms with Crippen LogP contribution in [-0.2, 0) is 14.3 Å². The molecule has 0 aromatic rings. The quantitative estimate of drug-likeness (QED) is 0.274. The number of halogens is 1. The van der Waals surface area contributed by atoms with Crippen molar-refractivity contribution in [1.82, 2.24) is 15.5 Å². The van der Waals surface area contributed by atoms with Gasteiger partial charge in [-0.1, -0.05) is 0 Å². The first-order valence-electron chi connectivity index (χ1n) is 8.32. The summed E-state index contributed by atoms with van der Waals surface area (Å²) in [7, 11) is 3.42. The van der Waals surface area contributed by atoms with Gasteiger partial charge >= 0.3 is 5.97 Å². The predicted molar refractivity (Wildman–Crippen MR) is 106 cm³/mol. The summed E-state index contributed by atoms with van der Waals surface area (Å²) in [5.41, 5.74) is 0. The molecular weight excluding hydrogens is 423 g/mol. The molecule has 0 atom stereocenters. The molecule has 1 aliphatic rings. The molecule has 0 saturated carbocycles. The Balaban J connectivity index is 0.00000529. The molecule has 1 fully saturated rings. The van der Waals surface area contributed by atoms with Gasteiger partial charge in [-0.3, -0.25) is 14.6 Å². The van der Waals surface area contributed by atoms with Crippen molar-refractivity contribution in [2.24, 2.45) is 10.9 Å². The minimum absolute atomic E-state index is 0. The van der Waals surface area contributed by atoms with Gasteiger partial charge in [0.15, 0.2) is 5.96 Å². The minimum atomic E-state index is -0.202. The van der Waals surface area contributed by atoms with Gasteiger partial charge in [0, 0.05) is 40.2 Å². The summed E-state index contributed by atoms with van der Waals surface area (Å²) in [4.78, 5) is 29.4. The van der Waals surface area contributed by atoms with E-state index in [1.807, 2.05) is 13.8 Å². The largest absolute Gasteiger partial charge is 0.463 e. The highest BCUT2D eigenvalue weighted by atomic mass is 127.